The molecule has 128 valence electrons. The number of fused-ring (bicyclic) bond motifs is 1. The number of nitriles is 4. The van der Waals surface area contributed by atoms with Crippen LogP contribution >= 0.6 is 0 Å². The highest BCUT2D eigenvalue weighted by molar-refractivity contribution is 6.00. The molecule has 0 atom stereocenters. The highest BCUT2D eigenvalue weighted by Gasteiger charge is 2.45. The lowest BCUT2D eigenvalue weighted by molar-refractivity contribution is -0.161. The Hall–Kier alpha value is -3.76. The van der Waals surface area contributed by atoms with E-state index in [1.54, 1.807) is 0 Å². The highest BCUT2D eigenvalue weighted by Crippen LogP contribution is 2.46. The Bertz CT molecular complexity index is 1100. The first-order chi connectivity index (χ1) is 12.0. The van der Waals surface area contributed by atoms with Crippen molar-refractivity contribution in [1.82, 2.24) is 0 Å². The lowest BCUT2D eigenvalue weighted by atomic mass is 9.86. The van der Waals surface area contributed by atoms with Gasteiger partial charge in [-0.25, -0.2) is 0 Å². The van der Waals surface area contributed by atoms with Gasteiger partial charge in [0, 0.05) is 10.8 Å². The summed E-state index contributed by atoms with van der Waals surface area (Å²) in [6, 6.07) is 6.14. The molecule has 0 fully saturated rings. The van der Waals surface area contributed by atoms with Crippen molar-refractivity contribution in [2.45, 2.75) is 12.4 Å². The molecule has 0 radical (unpaired) electrons. The van der Waals surface area contributed by atoms with Crippen molar-refractivity contribution in [3.63, 3.8) is 0 Å². The topological polar surface area (TPSA) is 95.2 Å². The third kappa shape index (κ3) is 2.64. The fourth-order valence-corrected chi connectivity index (χ4v) is 2.56. The number of halogens is 6. The first-order valence-corrected chi connectivity index (χ1v) is 6.44. The Kier molecular flexibility index (Phi) is 4.25. The molecule has 0 aliphatic carbocycles. The zero-order chi connectivity index (χ0) is 19.9. The second kappa shape index (κ2) is 5.95. The first-order valence-electron chi connectivity index (χ1n) is 6.44. The van der Waals surface area contributed by atoms with Crippen molar-refractivity contribution in [2.24, 2.45) is 0 Å². The van der Waals surface area contributed by atoms with Gasteiger partial charge in [-0.3, -0.25) is 0 Å². The predicted molar refractivity (Wildman–Crippen MR) is 72.8 cm³/mol. The van der Waals surface area contributed by atoms with E-state index in [2.05, 4.69) is 0 Å². The Morgan fingerprint density at radius 3 is 1.46 bits per heavy atom. The molecule has 0 saturated carbocycles. The van der Waals surface area contributed by atoms with Crippen molar-refractivity contribution < 1.29 is 26.3 Å². The van der Waals surface area contributed by atoms with Crippen molar-refractivity contribution in [3.05, 3.63) is 45.5 Å². The second-order valence-electron chi connectivity index (χ2n) is 4.85. The molecule has 0 saturated heterocycles. The van der Waals surface area contributed by atoms with E-state index in [1.165, 1.54) is 24.3 Å². The maximum atomic E-state index is 13.4. The summed E-state index contributed by atoms with van der Waals surface area (Å²) in [4.78, 5) is 0. The quantitative estimate of drug-likeness (QED) is 0.649. The third-order valence-corrected chi connectivity index (χ3v) is 3.51. The molecular weight excluding hydrogens is 362 g/mol. The summed E-state index contributed by atoms with van der Waals surface area (Å²) >= 11 is 0. The van der Waals surface area contributed by atoms with E-state index in [-0.39, 0.29) is 6.07 Å². The summed E-state index contributed by atoms with van der Waals surface area (Å²) < 4.78 is 79.6. The molecule has 10 heteroatoms. The summed E-state index contributed by atoms with van der Waals surface area (Å²) in [7, 11) is 0. The molecule has 0 heterocycles. The summed E-state index contributed by atoms with van der Waals surface area (Å²) in [5.74, 6) is 0. The van der Waals surface area contributed by atoms with Gasteiger partial charge in [0.25, 0.3) is 0 Å². The molecule has 0 aliphatic heterocycles. The van der Waals surface area contributed by atoms with Crippen molar-refractivity contribution in [3.8, 4) is 24.3 Å². The Morgan fingerprint density at radius 1 is 0.615 bits per heavy atom. The maximum absolute atomic E-state index is 13.4. The van der Waals surface area contributed by atoms with Crippen LogP contribution in [0.15, 0.2) is 12.1 Å². The molecule has 0 amide bonds. The van der Waals surface area contributed by atoms with Crippen LogP contribution in [0.1, 0.15) is 33.4 Å². The molecule has 0 aliphatic rings. The SMILES string of the molecule is N#Cc1c(C#N)c(C#N)c2c(C(F)(F)F)c(C(F)(F)F)ccc2c1C#N. The van der Waals surface area contributed by atoms with Gasteiger partial charge in [0.1, 0.15) is 24.3 Å². The van der Waals surface area contributed by atoms with Crippen LogP contribution in [0.25, 0.3) is 10.8 Å². The minimum absolute atomic E-state index is 0.125. The van der Waals surface area contributed by atoms with Crippen molar-refractivity contribution >= 4 is 10.8 Å². The van der Waals surface area contributed by atoms with E-state index < -0.39 is 56.5 Å². The van der Waals surface area contributed by atoms with Crippen LogP contribution in [0.2, 0.25) is 0 Å². The number of hydrogen-bond acceptors (Lipinski definition) is 4. The fraction of sp³-hybridized carbons (Fsp3) is 0.125. The number of benzene rings is 2. The molecule has 0 N–H and O–H groups in total. The van der Waals surface area contributed by atoms with Crippen LogP contribution in [0, 0.1) is 45.3 Å². The monoisotopic (exact) mass is 364 g/mol. The van der Waals surface area contributed by atoms with Crippen LogP contribution in [0.3, 0.4) is 0 Å². The minimum Gasteiger partial charge on any atom is -0.192 e. The maximum Gasteiger partial charge on any atom is 0.417 e. The van der Waals surface area contributed by atoms with Crippen molar-refractivity contribution in [1.29, 1.82) is 21.0 Å². The highest BCUT2D eigenvalue weighted by atomic mass is 19.4. The number of alkyl halides is 6. The van der Waals surface area contributed by atoms with Crippen LogP contribution in [-0.2, 0) is 12.4 Å². The van der Waals surface area contributed by atoms with Gasteiger partial charge in [0.05, 0.1) is 33.4 Å². The summed E-state index contributed by atoms with van der Waals surface area (Å²) in [5.41, 5.74) is -7.56. The predicted octanol–water partition coefficient (Wildman–Crippen LogP) is 4.36. The summed E-state index contributed by atoms with van der Waals surface area (Å²) in [6.07, 6.45) is -10.9. The molecule has 0 unspecified atom stereocenters. The Labute approximate surface area is 141 Å². The van der Waals surface area contributed by atoms with Crippen LogP contribution in [0.4, 0.5) is 26.3 Å². The van der Waals surface area contributed by atoms with Gasteiger partial charge in [-0.15, -0.1) is 0 Å². The smallest absolute Gasteiger partial charge is 0.192 e. The van der Waals surface area contributed by atoms with E-state index in [1.807, 2.05) is 0 Å². The van der Waals surface area contributed by atoms with Crippen molar-refractivity contribution in [2.75, 3.05) is 0 Å². The van der Waals surface area contributed by atoms with Gasteiger partial charge in [0.15, 0.2) is 0 Å². The number of hydrogen-bond donors (Lipinski definition) is 0. The Morgan fingerprint density at radius 2 is 1.08 bits per heavy atom. The standard InChI is InChI=1S/C16H2F6N4/c17-15(18,19)12-2-1-7-8(3-23)9(4-24)10(5-25)11(6-26)13(7)14(12)16(20,21)22/h1-2H. The van der Waals surface area contributed by atoms with E-state index in [9.17, 15) is 31.6 Å². The third-order valence-electron chi connectivity index (χ3n) is 3.51. The molecule has 2 rings (SSSR count). The lowest BCUT2D eigenvalue weighted by Crippen LogP contribution is -2.18. The zero-order valence-corrected chi connectivity index (χ0v) is 12.2. The van der Waals surface area contributed by atoms with Crippen LogP contribution < -0.4 is 0 Å². The van der Waals surface area contributed by atoms with Gasteiger partial charge in [-0.05, 0) is 6.07 Å². The minimum atomic E-state index is -5.54. The lowest BCUT2D eigenvalue weighted by Gasteiger charge is -2.19. The normalized spacial score (nSPS) is 11.3. The summed E-state index contributed by atoms with van der Waals surface area (Å²) in [6.45, 7) is 0. The molecule has 26 heavy (non-hydrogen) atoms. The molecule has 2 aromatic rings. The van der Waals surface area contributed by atoms with E-state index >= 15 is 0 Å². The van der Waals surface area contributed by atoms with E-state index in [0.29, 0.717) is 6.07 Å². The summed E-state index contributed by atoms with van der Waals surface area (Å²) in [5, 5.41) is 34.6. The molecular formula is C16H2F6N4. The number of rotatable bonds is 0. The van der Waals surface area contributed by atoms with E-state index in [4.69, 9.17) is 15.8 Å². The first kappa shape index (κ1) is 18.6. The van der Waals surface area contributed by atoms with Crippen LogP contribution in [-0.4, -0.2) is 0 Å². The largest absolute Gasteiger partial charge is 0.417 e. The average Bonchev–Trinajstić information content (AvgIpc) is 2.56. The average molecular weight is 364 g/mol. The molecule has 0 aromatic heterocycles. The molecule has 0 spiro atoms. The van der Waals surface area contributed by atoms with Gasteiger partial charge in [-0.1, -0.05) is 6.07 Å². The van der Waals surface area contributed by atoms with Gasteiger partial charge in [0.2, 0.25) is 0 Å². The van der Waals surface area contributed by atoms with Crippen LogP contribution in [0.5, 0.6) is 0 Å². The van der Waals surface area contributed by atoms with Gasteiger partial charge >= 0.3 is 12.4 Å². The van der Waals surface area contributed by atoms with Gasteiger partial charge in [-0.2, -0.15) is 47.4 Å². The second-order valence-corrected chi connectivity index (χ2v) is 4.85. The van der Waals surface area contributed by atoms with E-state index in [0.717, 1.165) is 0 Å². The zero-order valence-electron chi connectivity index (χ0n) is 12.2. The Balaban J connectivity index is 3.37. The molecule has 4 nitrogen and oxygen atoms in total. The van der Waals surface area contributed by atoms with Gasteiger partial charge < -0.3 is 0 Å². The fourth-order valence-electron chi connectivity index (χ4n) is 2.56. The number of nitrogens with zero attached hydrogens (tertiary/aromatic N) is 4. The molecule has 2 aromatic carbocycles. The molecule has 0 bridgehead atoms.